The van der Waals surface area contributed by atoms with Crippen molar-refractivity contribution in [2.45, 2.75) is 31.2 Å². The molecule has 4 heteroatoms. The van der Waals surface area contributed by atoms with Gasteiger partial charge in [0.05, 0.1) is 5.92 Å². The van der Waals surface area contributed by atoms with Crippen LogP contribution in [0.5, 0.6) is 0 Å². The van der Waals surface area contributed by atoms with E-state index in [9.17, 15) is 9.18 Å². The first kappa shape index (κ1) is 12.0. The minimum atomic E-state index is -0.573. The van der Waals surface area contributed by atoms with Crippen molar-refractivity contribution in [3.05, 3.63) is 35.6 Å². The highest BCUT2D eigenvalue weighted by Gasteiger charge is 2.30. The predicted molar refractivity (Wildman–Crippen MR) is 64.0 cm³/mol. The highest BCUT2D eigenvalue weighted by molar-refractivity contribution is 5.83. The Kier molecular flexibility index (Phi) is 3.74. The van der Waals surface area contributed by atoms with Gasteiger partial charge >= 0.3 is 0 Å². The number of amides is 1. The molecule has 2 rings (SSSR count). The Balaban J connectivity index is 2.28. The third-order valence-electron chi connectivity index (χ3n) is 3.30. The summed E-state index contributed by atoms with van der Waals surface area (Å²) in [5.41, 5.74) is 5.83. The van der Waals surface area contributed by atoms with E-state index in [0.29, 0.717) is 5.56 Å². The maximum absolute atomic E-state index is 13.7. The molecule has 92 valence electrons. The standard InChI is InChI=1S/C13H17FN2O/c14-10-6-2-1-5-9(10)12(13(15)17)11-7-3-4-8-16-11/h1-2,5-6,11-12,16H,3-4,7-8H2,(H2,15,17). The number of carbonyl (C=O) groups is 1. The molecule has 1 amide bonds. The highest BCUT2D eigenvalue weighted by atomic mass is 19.1. The van der Waals surface area contributed by atoms with Gasteiger partial charge in [-0.3, -0.25) is 4.79 Å². The molecule has 17 heavy (non-hydrogen) atoms. The fourth-order valence-corrected chi connectivity index (χ4v) is 2.46. The zero-order valence-electron chi connectivity index (χ0n) is 9.66. The zero-order chi connectivity index (χ0) is 12.3. The first-order valence-electron chi connectivity index (χ1n) is 5.97. The molecule has 1 aliphatic rings. The summed E-state index contributed by atoms with van der Waals surface area (Å²) < 4.78 is 13.7. The number of nitrogens with one attached hydrogen (secondary N) is 1. The van der Waals surface area contributed by atoms with Gasteiger partial charge < -0.3 is 11.1 Å². The van der Waals surface area contributed by atoms with Crippen molar-refractivity contribution in [3.8, 4) is 0 Å². The molecule has 1 heterocycles. The number of benzene rings is 1. The normalized spacial score (nSPS) is 22.1. The van der Waals surface area contributed by atoms with E-state index in [0.717, 1.165) is 25.8 Å². The number of carbonyl (C=O) groups excluding carboxylic acids is 1. The molecule has 0 bridgehead atoms. The molecule has 0 spiro atoms. The lowest BCUT2D eigenvalue weighted by Crippen LogP contribution is -2.44. The van der Waals surface area contributed by atoms with Crippen molar-refractivity contribution in [2.75, 3.05) is 6.54 Å². The summed E-state index contributed by atoms with van der Waals surface area (Å²) in [5, 5.41) is 3.26. The fourth-order valence-electron chi connectivity index (χ4n) is 2.46. The largest absolute Gasteiger partial charge is 0.369 e. The molecule has 0 aromatic heterocycles. The molecule has 1 aliphatic heterocycles. The Morgan fingerprint density at radius 2 is 2.18 bits per heavy atom. The van der Waals surface area contributed by atoms with E-state index in [1.807, 2.05) is 0 Å². The van der Waals surface area contributed by atoms with Gasteiger partial charge in [-0.2, -0.15) is 0 Å². The van der Waals surface area contributed by atoms with Crippen LogP contribution in [0.2, 0.25) is 0 Å². The van der Waals surface area contributed by atoms with Crippen LogP contribution < -0.4 is 11.1 Å². The summed E-state index contributed by atoms with van der Waals surface area (Å²) in [6.45, 7) is 0.864. The Morgan fingerprint density at radius 1 is 1.41 bits per heavy atom. The Labute approximate surface area is 100 Å². The van der Waals surface area contributed by atoms with Gasteiger partial charge in [0, 0.05) is 11.6 Å². The number of primary amides is 1. The first-order valence-corrected chi connectivity index (χ1v) is 5.97. The number of nitrogens with two attached hydrogens (primary N) is 1. The van der Waals surface area contributed by atoms with Gasteiger partial charge in [-0.15, -0.1) is 0 Å². The van der Waals surface area contributed by atoms with Gasteiger partial charge in [0.2, 0.25) is 5.91 Å². The summed E-state index contributed by atoms with van der Waals surface area (Å²) >= 11 is 0. The Morgan fingerprint density at radius 3 is 2.76 bits per heavy atom. The van der Waals surface area contributed by atoms with Crippen molar-refractivity contribution in [3.63, 3.8) is 0 Å². The van der Waals surface area contributed by atoms with E-state index in [2.05, 4.69) is 5.32 Å². The number of piperidine rings is 1. The first-order chi connectivity index (χ1) is 8.20. The van der Waals surface area contributed by atoms with Crippen LogP contribution in [0.15, 0.2) is 24.3 Å². The zero-order valence-corrected chi connectivity index (χ0v) is 9.66. The van der Waals surface area contributed by atoms with Crippen molar-refractivity contribution in [2.24, 2.45) is 5.73 Å². The second kappa shape index (κ2) is 5.27. The lowest BCUT2D eigenvalue weighted by molar-refractivity contribution is -0.120. The van der Waals surface area contributed by atoms with Crippen LogP contribution in [-0.4, -0.2) is 18.5 Å². The summed E-state index contributed by atoms with van der Waals surface area (Å²) in [6, 6.07) is 6.32. The monoisotopic (exact) mass is 236 g/mol. The highest BCUT2D eigenvalue weighted by Crippen LogP contribution is 2.26. The summed E-state index contributed by atoms with van der Waals surface area (Å²) in [7, 11) is 0. The Bertz CT molecular complexity index is 402. The number of hydrogen-bond donors (Lipinski definition) is 2. The molecule has 2 unspecified atom stereocenters. The summed E-state index contributed by atoms with van der Waals surface area (Å²) in [5.74, 6) is -1.39. The topological polar surface area (TPSA) is 55.1 Å². The van der Waals surface area contributed by atoms with Crippen LogP contribution in [0, 0.1) is 5.82 Å². The molecule has 3 N–H and O–H groups in total. The van der Waals surface area contributed by atoms with Crippen LogP contribution in [0.25, 0.3) is 0 Å². The van der Waals surface area contributed by atoms with E-state index in [4.69, 9.17) is 5.73 Å². The van der Waals surface area contributed by atoms with E-state index >= 15 is 0 Å². The third-order valence-corrected chi connectivity index (χ3v) is 3.30. The minimum Gasteiger partial charge on any atom is -0.369 e. The second-order valence-corrected chi connectivity index (χ2v) is 4.46. The molecule has 1 saturated heterocycles. The second-order valence-electron chi connectivity index (χ2n) is 4.46. The lowest BCUT2D eigenvalue weighted by atomic mass is 9.86. The van der Waals surface area contributed by atoms with Gasteiger partial charge in [0.1, 0.15) is 5.82 Å². The molecule has 0 saturated carbocycles. The van der Waals surface area contributed by atoms with E-state index in [1.165, 1.54) is 6.07 Å². The van der Waals surface area contributed by atoms with Crippen LogP contribution in [-0.2, 0) is 4.79 Å². The molecular weight excluding hydrogens is 219 g/mol. The van der Waals surface area contributed by atoms with Gasteiger partial charge in [-0.25, -0.2) is 4.39 Å². The SMILES string of the molecule is NC(=O)C(c1ccccc1F)C1CCCCN1. The van der Waals surface area contributed by atoms with Crippen LogP contribution in [0.3, 0.4) is 0 Å². The van der Waals surface area contributed by atoms with Crippen LogP contribution in [0.4, 0.5) is 4.39 Å². The smallest absolute Gasteiger partial charge is 0.226 e. The molecule has 3 nitrogen and oxygen atoms in total. The molecular formula is C13H17FN2O. The average Bonchev–Trinajstić information content (AvgIpc) is 2.33. The van der Waals surface area contributed by atoms with E-state index in [1.54, 1.807) is 18.2 Å². The number of rotatable bonds is 3. The van der Waals surface area contributed by atoms with Gasteiger partial charge in [0.25, 0.3) is 0 Å². The fraction of sp³-hybridized carbons (Fsp3) is 0.462. The average molecular weight is 236 g/mol. The molecule has 0 aliphatic carbocycles. The van der Waals surface area contributed by atoms with E-state index < -0.39 is 11.8 Å². The quantitative estimate of drug-likeness (QED) is 0.836. The predicted octanol–water partition coefficient (Wildman–Crippen LogP) is 1.54. The molecule has 1 fully saturated rings. The Hall–Kier alpha value is -1.42. The molecule has 2 atom stereocenters. The van der Waals surface area contributed by atoms with Crippen molar-refractivity contribution >= 4 is 5.91 Å². The van der Waals surface area contributed by atoms with Gasteiger partial charge in [0.15, 0.2) is 0 Å². The summed E-state index contributed by atoms with van der Waals surface area (Å²) in [4.78, 5) is 11.6. The minimum absolute atomic E-state index is 0.0434. The maximum atomic E-state index is 13.7. The van der Waals surface area contributed by atoms with Gasteiger partial charge in [-0.05, 0) is 25.5 Å². The summed E-state index contributed by atoms with van der Waals surface area (Å²) in [6.07, 6.45) is 3.01. The van der Waals surface area contributed by atoms with Gasteiger partial charge in [-0.1, -0.05) is 24.6 Å². The van der Waals surface area contributed by atoms with Crippen LogP contribution in [0.1, 0.15) is 30.7 Å². The van der Waals surface area contributed by atoms with E-state index in [-0.39, 0.29) is 11.9 Å². The third kappa shape index (κ3) is 2.64. The van der Waals surface area contributed by atoms with Crippen LogP contribution >= 0.6 is 0 Å². The molecule has 1 aromatic carbocycles. The number of hydrogen-bond acceptors (Lipinski definition) is 2. The van der Waals surface area contributed by atoms with Crippen molar-refractivity contribution < 1.29 is 9.18 Å². The lowest BCUT2D eigenvalue weighted by Gasteiger charge is -2.29. The maximum Gasteiger partial charge on any atom is 0.226 e. The number of halogens is 1. The molecule has 1 aromatic rings. The van der Waals surface area contributed by atoms with Crippen molar-refractivity contribution in [1.29, 1.82) is 0 Å². The van der Waals surface area contributed by atoms with Crippen molar-refractivity contribution in [1.82, 2.24) is 5.32 Å². The molecule has 0 radical (unpaired) electrons.